The zero-order valence-electron chi connectivity index (χ0n) is 21.0. The van der Waals surface area contributed by atoms with Gasteiger partial charge in [-0.1, -0.05) is 24.8 Å². The fourth-order valence-electron chi connectivity index (χ4n) is 4.80. The molecule has 0 atom stereocenters. The molecule has 7 nitrogen and oxygen atoms in total. The first-order valence-electron chi connectivity index (χ1n) is 12.2. The Morgan fingerprint density at radius 3 is 2.90 bits per heavy atom. The number of pyridine rings is 1. The third-order valence-corrected chi connectivity index (χ3v) is 7.70. The van der Waals surface area contributed by atoms with Crippen LogP contribution in [0.2, 0.25) is 0 Å². The van der Waals surface area contributed by atoms with Gasteiger partial charge in [0.1, 0.15) is 5.83 Å². The number of hydrogen-bond donors (Lipinski definition) is 1. The van der Waals surface area contributed by atoms with Crippen LogP contribution < -0.4 is 5.32 Å². The van der Waals surface area contributed by atoms with Crippen LogP contribution in [0.4, 0.5) is 8.78 Å². The van der Waals surface area contributed by atoms with Crippen LogP contribution in [0.5, 0.6) is 0 Å². The number of halogens is 2. The van der Waals surface area contributed by atoms with E-state index < -0.39 is 5.83 Å². The average Bonchev–Trinajstić information content (AvgIpc) is 3.59. The molecular weight excluding hydrogens is 520 g/mol. The second-order valence-corrected chi connectivity index (χ2v) is 9.90. The van der Waals surface area contributed by atoms with E-state index >= 15 is 0 Å². The van der Waals surface area contributed by atoms with Crippen molar-refractivity contribution in [3.05, 3.63) is 94.7 Å². The van der Waals surface area contributed by atoms with E-state index in [0.717, 1.165) is 33.0 Å². The minimum Gasteiger partial charge on any atom is -0.348 e. The molecule has 4 heterocycles. The number of fused-ring (bicyclic) bond motifs is 2. The van der Waals surface area contributed by atoms with Crippen molar-refractivity contribution < 1.29 is 18.4 Å². The summed E-state index contributed by atoms with van der Waals surface area (Å²) < 4.78 is 28.1. The SMILES string of the molecule is C=CC(=O)N1CCN(N=C)/C(=C\Cc2nc(-c3ccc4c(c3)C(=O)NC4)c3ccsc3c2/C=C(F)/C=C/F)C1. The molecule has 1 fully saturated rings. The first kappa shape index (κ1) is 26.2. The number of hydrazone groups is 1. The highest BCUT2D eigenvalue weighted by molar-refractivity contribution is 7.17. The highest BCUT2D eigenvalue weighted by Gasteiger charge is 2.24. The van der Waals surface area contributed by atoms with Crippen LogP contribution in [0.1, 0.15) is 27.2 Å². The summed E-state index contributed by atoms with van der Waals surface area (Å²) in [6.07, 6.45) is 5.61. The molecule has 5 rings (SSSR count). The predicted molar refractivity (Wildman–Crippen MR) is 150 cm³/mol. The van der Waals surface area contributed by atoms with Crippen LogP contribution >= 0.6 is 11.3 Å². The molecule has 0 bridgehead atoms. The number of piperazine rings is 1. The Labute approximate surface area is 228 Å². The van der Waals surface area contributed by atoms with Crippen molar-refractivity contribution in [2.24, 2.45) is 5.10 Å². The highest BCUT2D eigenvalue weighted by Crippen LogP contribution is 2.37. The smallest absolute Gasteiger partial charge is 0.251 e. The van der Waals surface area contributed by atoms with Crippen molar-refractivity contribution in [1.29, 1.82) is 0 Å². The van der Waals surface area contributed by atoms with Gasteiger partial charge in [0.15, 0.2) is 0 Å². The summed E-state index contributed by atoms with van der Waals surface area (Å²) in [7, 11) is 0. The summed E-state index contributed by atoms with van der Waals surface area (Å²) in [5.41, 5.74) is 4.77. The first-order valence-corrected chi connectivity index (χ1v) is 13.1. The van der Waals surface area contributed by atoms with Gasteiger partial charge in [0.05, 0.1) is 36.5 Å². The minimum atomic E-state index is -0.750. The van der Waals surface area contributed by atoms with E-state index in [9.17, 15) is 18.4 Å². The topological polar surface area (TPSA) is 77.9 Å². The van der Waals surface area contributed by atoms with Crippen LogP contribution in [0.3, 0.4) is 0 Å². The van der Waals surface area contributed by atoms with Gasteiger partial charge >= 0.3 is 0 Å². The number of allylic oxidation sites excluding steroid dienone is 3. The van der Waals surface area contributed by atoms with Crippen LogP contribution in [-0.4, -0.2) is 53.1 Å². The lowest BCUT2D eigenvalue weighted by molar-refractivity contribution is -0.126. The summed E-state index contributed by atoms with van der Waals surface area (Å²) in [6, 6.07) is 7.56. The van der Waals surface area contributed by atoms with Gasteiger partial charge in [0.2, 0.25) is 5.91 Å². The van der Waals surface area contributed by atoms with Crippen molar-refractivity contribution in [2.45, 2.75) is 13.0 Å². The number of thiophene rings is 1. The van der Waals surface area contributed by atoms with E-state index in [2.05, 4.69) is 23.7 Å². The van der Waals surface area contributed by atoms with Gasteiger partial charge in [0, 0.05) is 59.1 Å². The Bertz CT molecular complexity index is 1590. The molecule has 2 aliphatic heterocycles. The molecule has 2 amide bonds. The van der Waals surface area contributed by atoms with Crippen LogP contribution in [-0.2, 0) is 17.8 Å². The second-order valence-electron chi connectivity index (χ2n) is 8.99. The molecule has 1 aromatic carbocycles. The highest BCUT2D eigenvalue weighted by atomic mass is 32.1. The molecule has 2 aliphatic rings. The quantitative estimate of drug-likeness (QED) is 0.246. The molecule has 0 aliphatic carbocycles. The maximum Gasteiger partial charge on any atom is 0.251 e. The molecule has 2 aromatic heterocycles. The molecular formula is C29H25F2N5O2S. The molecule has 0 radical (unpaired) electrons. The van der Waals surface area contributed by atoms with Crippen LogP contribution in [0.25, 0.3) is 27.4 Å². The molecule has 198 valence electrons. The van der Waals surface area contributed by atoms with E-state index in [0.29, 0.717) is 48.7 Å². The third kappa shape index (κ3) is 5.15. The van der Waals surface area contributed by atoms with Crippen molar-refractivity contribution in [3.8, 4) is 11.3 Å². The molecule has 0 saturated carbocycles. The van der Waals surface area contributed by atoms with Gasteiger partial charge in [-0.2, -0.15) is 5.10 Å². The number of aromatic nitrogens is 1. The fraction of sp³-hybridized carbons (Fsp3) is 0.172. The lowest BCUT2D eigenvalue weighted by Gasteiger charge is -2.34. The normalized spacial score (nSPS) is 16.7. The minimum absolute atomic E-state index is 0.133. The Balaban J connectivity index is 1.64. The average molecular weight is 546 g/mol. The maximum absolute atomic E-state index is 14.6. The summed E-state index contributed by atoms with van der Waals surface area (Å²) in [5, 5.41) is 11.3. The number of carbonyl (C=O) groups is 2. The number of carbonyl (C=O) groups excluding carboxylic acids is 2. The molecule has 1 N–H and O–H groups in total. The third-order valence-electron chi connectivity index (χ3n) is 6.75. The van der Waals surface area contributed by atoms with Gasteiger partial charge in [-0.25, -0.2) is 8.78 Å². The zero-order valence-corrected chi connectivity index (χ0v) is 21.8. The van der Waals surface area contributed by atoms with Crippen molar-refractivity contribution in [3.63, 3.8) is 0 Å². The monoisotopic (exact) mass is 545 g/mol. The van der Waals surface area contributed by atoms with Crippen LogP contribution in [0.15, 0.2) is 77.4 Å². The van der Waals surface area contributed by atoms with Crippen LogP contribution in [0, 0.1) is 0 Å². The number of nitrogens with zero attached hydrogens (tertiary/aromatic N) is 4. The summed E-state index contributed by atoms with van der Waals surface area (Å²) in [4.78, 5) is 31.2. The second kappa shape index (κ2) is 11.1. The van der Waals surface area contributed by atoms with Gasteiger partial charge in [-0.05, 0) is 35.2 Å². The Hall–Kier alpha value is -4.44. The van der Waals surface area contributed by atoms with E-state index in [1.807, 2.05) is 35.7 Å². The van der Waals surface area contributed by atoms with Crippen molar-refractivity contribution >= 4 is 46.0 Å². The predicted octanol–water partition coefficient (Wildman–Crippen LogP) is 5.37. The van der Waals surface area contributed by atoms with E-state index in [1.165, 1.54) is 23.5 Å². The summed E-state index contributed by atoms with van der Waals surface area (Å²) in [5.74, 6) is -1.07. The molecule has 1 saturated heterocycles. The van der Waals surface area contributed by atoms with E-state index in [1.54, 1.807) is 9.91 Å². The largest absolute Gasteiger partial charge is 0.348 e. The standard InChI is InChI=1S/C29H25F2N5O2S/c1-3-26(37)35-11-12-36(32-2)21(17-35)6-7-25-24(15-20(31)8-10-30)28-22(9-13-39-28)27(34-25)18-4-5-19-16-33-29(38)23(19)14-18/h3-6,8-10,13-15H,1-2,7,11-12,16-17H2,(H,33,38)/b10-8+,20-15-,21-6-. The lowest BCUT2D eigenvalue weighted by atomic mass is 9.99. The van der Waals surface area contributed by atoms with E-state index in [-0.39, 0.29) is 24.6 Å². The zero-order chi connectivity index (χ0) is 27.5. The molecule has 0 unspecified atom stereocenters. The van der Waals surface area contributed by atoms with Crippen molar-refractivity contribution in [1.82, 2.24) is 20.2 Å². The number of benzene rings is 1. The van der Waals surface area contributed by atoms with Crippen molar-refractivity contribution in [2.75, 3.05) is 19.6 Å². The lowest BCUT2D eigenvalue weighted by Crippen LogP contribution is -2.44. The fourth-order valence-corrected chi connectivity index (χ4v) is 5.74. The number of rotatable bonds is 7. The number of hydrogen-bond acceptors (Lipinski definition) is 6. The number of nitrogens with one attached hydrogen (secondary N) is 1. The summed E-state index contributed by atoms with van der Waals surface area (Å²) in [6.45, 7) is 8.95. The first-order chi connectivity index (χ1) is 18.9. The molecule has 0 spiro atoms. The van der Waals surface area contributed by atoms with Gasteiger partial charge < -0.3 is 10.2 Å². The Kier molecular flexibility index (Phi) is 7.47. The van der Waals surface area contributed by atoms with E-state index in [4.69, 9.17) is 4.98 Å². The maximum atomic E-state index is 14.6. The molecule has 10 heteroatoms. The number of amides is 2. The van der Waals surface area contributed by atoms with Gasteiger partial charge in [-0.3, -0.25) is 19.6 Å². The Morgan fingerprint density at radius 2 is 2.13 bits per heavy atom. The Morgan fingerprint density at radius 1 is 1.28 bits per heavy atom. The van der Waals surface area contributed by atoms with Gasteiger partial charge in [-0.15, -0.1) is 11.3 Å². The molecule has 39 heavy (non-hydrogen) atoms. The summed E-state index contributed by atoms with van der Waals surface area (Å²) >= 11 is 1.42. The van der Waals surface area contributed by atoms with Gasteiger partial charge in [0.25, 0.3) is 5.91 Å². The molecule has 3 aromatic rings.